The van der Waals surface area contributed by atoms with Gasteiger partial charge in [-0.05, 0) is 43.4 Å². The molecule has 3 heteroatoms. The van der Waals surface area contributed by atoms with E-state index >= 15 is 0 Å². The zero-order valence-electron chi connectivity index (χ0n) is 11.8. The van der Waals surface area contributed by atoms with Crippen LogP contribution in [0.4, 0.5) is 8.78 Å². The third-order valence-electron chi connectivity index (χ3n) is 4.56. The second-order valence-corrected chi connectivity index (χ2v) is 6.67. The molecule has 1 aliphatic rings. The van der Waals surface area contributed by atoms with Crippen LogP contribution in [0.3, 0.4) is 0 Å². The van der Waals surface area contributed by atoms with Gasteiger partial charge in [-0.25, -0.2) is 8.78 Å². The zero-order valence-corrected chi connectivity index (χ0v) is 13.4. The van der Waals surface area contributed by atoms with Gasteiger partial charge in [0.05, 0.1) is 0 Å². The van der Waals surface area contributed by atoms with E-state index in [-0.39, 0.29) is 24.2 Å². The molecule has 0 spiro atoms. The largest absolute Gasteiger partial charge is 0.248 e. The molecule has 2 unspecified atom stereocenters. The Balaban J connectivity index is 2.59. The van der Waals surface area contributed by atoms with Gasteiger partial charge in [0.25, 0.3) is 0 Å². The van der Waals surface area contributed by atoms with Crippen molar-refractivity contribution in [1.82, 2.24) is 0 Å². The average molecular weight is 325 g/mol. The number of alkyl halides is 3. The summed E-state index contributed by atoms with van der Waals surface area (Å²) in [5.41, 5.74) is 0.244. The highest BCUT2D eigenvalue weighted by Crippen LogP contribution is 2.45. The van der Waals surface area contributed by atoms with E-state index in [9.17, 15) is 8.78 Å². The SMILES string of the molecule is CCCCC(CC)(CBr)CC1CCCC(F)(F)C1. The molecule has 0 N–H and O–H groups in total. The molecule has 1 rings (SSSR count). The summed E-state index contributed by atoms with van der Waals surface area (Å²) >= 11 is 3.63. The first-order valence-corrected chi connectivity index (χ1v) is 8.53. The van der Waals surface area contributed by atoms with Crippen molar-refractivity contribution in [2.24, 2.45) is 11.3 Å². The van der Waals surface area contributed by atoms with Crippen LogP contribution in [0.1, 0.15) is 71.6 Å². The first-order valence-electron chi connectivity index (χ1n) is 7.41. The van der Waals surface area contributed by atoms with E-state index < -0.39 is 5.92 Å². The minimum absolute atomic E-state index is 0.103. The maximum Gasteiger partial charge on any atom is 0.248 e. The van der Waals surface area contributed by atoms with Gasteiger partial charge in [-0.3, -0.25) is 0 Å². The predicted octanol–water partition coefficient (Wildman–Crippen LogP) is 6.18. The van der Waals surface area contributed by atoms with E-state index in [0.29, 0.717) is 6.42 Å². The standard InChI is InChI=1S/C15H27BrF2/c1-3-5-8-14(4-2,12-16)10-13-7-6-9-15(17,18)11-13/h13H,3-12H2,1-2H3. The molecule has 0 saturated heterocycles. The highest BCUT2D eigenvalue weighted by Gasteiger charge is 2.39. The minimum atomic E-state index is -2.40. The topological polar surface area (TPSA) is 0 Å². The van der Waals surface area contributed by atoms with Crippen LogP contribution in [0.2, 0.25) is 0 Å². The molecule has 1 saturated carbocycles. The fourth-order valence-corrected chi connectivity index (χ4v) is 4.16. The van der Waals surface area contributed by atoms with Gasteiger partial charge in [0.1, 0.15) is 0 Å². The quantitative estimate of drug-likeness (QED) is 0.490. The number of unbranched alkanes of at least 4 members (excludes halogenated alkanes) is 1. The number of hydrogen-bond acceptors (Lipinski definition) is 0. The molecule has 1 fully saturated rings. The van der Waals surface area contributed by atoms with E-state index in [1.165, 1.54) is 19.3 Å². The molecule has 0 aromatic carbocycles. The minimum Gasteiger partial charge on any atom is -0.207 e. The second kappa shape index (κ2) is 7.21. The Bertz CT molecular complexity index is 237. The lowest BCUT2D eigenvalue weighted by Gasteiger charge is -2.38. The summed E-state index contributed by atoms with van der Waals surface area (Å²) in [6, 6.07) is 0. The third-order valence-corrected chi connectivity index (χ3v) is 5.75. The van der Waals surface area contributed by atoms with Gasteiger partial charge in [-0.2, -0.15) is 0 Å². The van der Waals surface area contributed by atoms with E-state index in [2.05, 4.69) is 29.8 Å². The van der Waals surface area contributed by atoms with Crippen molar-refractivity contribution >= 4 is 15.9 Å². The molecule has 0 bridgehead atoms. The van der Waals surface area contributed by atoms with Gasteiger partial charge in [-0.15, -0.1) is 0 Å². The van der Waals surface area contributed by atoms with Crippen molar-refractivity contribution in [3.05, 3.63) is 0 Å². The Morgan fingerprint density at radius 3 is 2.56 bits per heavy atom. The molecule has 0 heterocycles. The van der Waals surface area contributed by atoms with Crippen molar-refractivity contribution in [2.75, 3.05) is 5.33 Å². The van der Waals surface area contributed by atoms with Crippen LogP contribution in [0.5, 0.6) is 0 Å². The van der Waals surface area contributed by atoms with Crippen LogP contribution in [-0.2, 0) is 0 Å². The monoisotopic (exact) mass is 324 g/mol. The lowest BCUT2D eigenvalue weighted by molar-refractivity contribution is -0.0592. The van der Waals surface area contributed by atoms with Gasteiger partial charge in [0, 0.05) is 18.2 Å². The smallest absolute Gasteiger partial charge is 0.207 e. The Morgan fingerprint density at radius 2 is 2.06 bits per heavy atom. The molecule has 108 valence electrons. The third kappa shape index (κ3) is 4.79. The van der Waals surface area contributed by atoms with E-state index in [4.69, 9.17) is 0 Å². The van der Waals surface area contributed by atoms with E-state index in [1.807, 2.05) is 0 Å². The highest BCUT2D eigenvalue weighted by molar-refractivity contribution is 9.09. The fraction of sp³-hybridized carbons (Fsp3) is 1.00. The molecule has 0 aliphatic heterocycles. The molecule has 1 aliphatic carbocycles. The molecular formula is C15H27BrF2. The summed E-state index contributed by atoms with van der Waals surface area (Å²) < 4.78 is 27.0. The van der Waals surface area contributed by atoms with Crippen molar-refractivity contribution in [2.45, 2.75) is 77.6 Å². The average Bonchev–Trinajstić information content (AvgIpc) is 2.33. The number of rotatable bonds is 7. The van der Waals surface area contributed by atoms with Crippen LogP contribution < -0.4 is 0 Å². The van der Waals surface area contributed by atoms with Crippen molar-refractivity contribution in [1.29, 1.82) is 0 Å². The number of halogens is 3. The first-order chi connectivity index (χ1) is 8.47. The Hall–Kier alpha value is 0.340. The maximum atomic E-state index is 13.5. The normalized spacial score (nSPS) is 26.8. The van der Waals surface area contributed by atoms with Gasteiger partial charge < -0.3 is 0 Å². The Labute approximate surface area is 119 Å². The van der Waals surface area contributed by atoms with Crippen LogP contribution in [0, 0.1) is 11.3 Å². The van der Waals surface area contributed by atoms with Crippen molar-refractivity contribution < 1.29 is 8.78 Å². The van der Waals surface area contributed by atoms with Gasteiger partial charge in [0.15, 0.2) is 0 Å². The lowest BCUT2D eigenvalue weighted by Crippen LogP contribution is -2.32. The Kier molecular flexibility index (Phi) is 6.57. The second-order valence-electron chi connectivity index (χ2n) is 6.11. The summed E-state index contributed by atoms with van der Waals surface area (Å²) in [4.78, 5) is 0. The summed E-state index contributed by atoms with van der Waals surface area (Å²) in [5, 5.41) is 0.957. The zero-order chi connectivity index (χ0) is 13.6. The summed E-state index contributed by atoms with van der Waals surface area (Å²) in [7, 11) is 0. The molecule has 0 amide bonds. The first kappa shape index (κ1) is 16.4. The molecule has 0 nitrogen and oxygen atoms in total. The van der Waals surface area contributed by atoms with Crippen LogP contribution in [0.25, 0.3) is 0 Å². The molecule has 2 atom stereocenters. The molecule has 0 aromatic heterocycles. The maximum absolute atomic E-state index is 13.5. The van der Waals surface area contributed by atoms with Gasteiger partial charge >= 0.3 is 0 Å². The lowest BCUT2D eigenvalue weighted by atomic mass is 9.71. The van der Waals surface area contributed by atoms with E-state index in [0.717, 1.165) is 24.6 Å². The van der Waals surface area contributed by atoms with Gasteiger partial charge in [-0.1, -0.05) is 42.6 Å². The summed E-state index contributed by atoms with van der Waals surface area (Å²) in [6.07, 6.45) is 7.57. The molecule has 18 heavy (non-hydrogen) atoms. The summed E-state index contributed by atoms with van der Waals surface area (Å²) in [6.45, 7) is 4.40. The molecule has 0 radical (unpaired) electrons. The van der Waals surface area contributed by atoms with Crippen LogP contribution >= 0.6 is 15.9 Å². The van der Waals surface area contributed by atoms with Crippen molar-refractivity contribution in [3.8, 4) is 0 Å². The predicted molar refractivity (Wildman–Crippen MR) is 77.6 cm³/mol. The van der Waals surface area contributed by atoms with E-state index in [1.54, 1.807) is 0 Å². The van der Waals surface area contributed by atoms with Crippen LogP contribution in [-0.4, -0.2) is 11.3 Å². The van der Waals surface area contributed by atoms with Crippen molar-refractivity contribution in [3.63, 3.8) is 0 Å². The molecule has 0 aromatic rings. The Morgan fingerprint density at radius 1 is 1.33 bits per heavy atom. The fourth-order valence-electron chi connectivity index (χ4n) is 3.25. The highest BCUT2D eigenvalue weighted by atomic mass is 79.9. The summed E-state index contributed by atoms with van der Waals surface area (Å²) in [5.74, 6) is -2.18. The van der Waals surface area contributed by atoms with Crippen LogP contribution in [0.15, 0.2) is 0 Å². The number of hydrogen-bond donors (Lipinski definition) is 0. The molecular weight excluding hydrogens is 298 g/mol. The van der Waals surface area contributed by atoms with Gasteiger partial charge in [0.2, 0.25) is 5.92 Å².